The zero-order valence-electron chi connectivity index (χ0n) is 9.42. The number of hydrogen-bond acceptors (Lipinski definition) is 4. The van der Waals surface area contributed by atoms with E-state index in [0.717, 1.165) is 11.9 Å². The molecule has 2 heterocycles. The van der Waals surface area contributed by atoms with Crippen LogP contribution in [-0.2, 0) is 0 Å². The molecule has 1 aliphatic rings. The van der Waals surface area contributed by atoms with Crippen LogP contribution in [0, 0.1) is 0 Å². The molecule has 1 aliphatic heterocycles. The van der Waals surface area contributed by atoms with Crippen LogP contribution in [0.5, 0.6) is 0 Å². The first-order valence-electron chi connectivity index (χ1n) is 5.62. The van der Waals surface area contributed by atoms with Crippen molar-refractivity contribution in [3.8, 4) is 0 Å². The molecule has 17 heavy (non-hydrogen) atoms. The Balaban J connectivity index is 2.31. The molecule has 1 atom stereocenters. The van der Waals surface area contributed by atoms with Crippen LogP contribution >= 0.6 is 0 Å². The minimum Gasteiger partial charge on any atom is -0.346 e. The number of nitrogens with zero attached hydrogens (tertiary/aromatic N) is 3. The summed E-state index contributed by atoms with van der Waals surface area (Å²) < 4.78 is 1.67. The quantitative estimate of drug-likeness (QED) is 0.803. The SMILES string of the molecule is CCC1C=Nn2c(nc(=O)c3ccccc32)N1. The third kappa shape index (κ3) is 1.51. The summed E-state index contributed by atoms with van der Waals surface area (Å²) in [7, 11) is 0. The third-order valence-electron chi connectivity index (χ3n) is 2.89. The van der Waals surface area contributed by atoms with Gasteiger partial charge in [0.1, 0.15) is 0 Å². The maximum atomic E-state index is 11.8. The van der Waals surface area contributed by atoms with E-state index in [4.69, 9.17) is 0 Å². The Morgan fingerprint density at radius 2 is 2.24 bits per heavy atom. The predicted octanol–water partition coefficient (Wildman–Crippen LogP) is 1.43. The smallest absolute Gasteiger partial charge is 0.282 e. The lowest BCUT2D eigenvalue weighted by atomic mass is 10.2. The highest BCUT2D eigenvalue weighted by Crippen LogP contribution is 2.17. The predicted molar refractivity (Wildman–Crippen MR) is 67.6 cm³/mol. The lowest BCUT2D eigenvalue weighted by molar-refractivity contribution is 0.772. The zero-order valence-corrected chi connectivity index (χ0v) is 9.42. The Labute approximate surface area is 97.8 Å². The Morgan fingerprint density at radius 3 is 3.06 bits per heavy atom. The zero-order chi connectivity index (χ0) is 11.8. The molecule has 0 radical (unpaired) electrons. The van der Waals surface area contributed by atoms with Gasteiger partial charge in [-0.2, -0.15) is 10.1 Å². The fourth-order valence-electron chi connectivity index (χ4n) is 1.93. The molecule has 5 heteroatoms. The van der Waals surface area contributed by atoms with E-state index in [0.29, 0.717) is 11.3 Å². The van der Waals surface area contributed by atoms with Gasteiger partial charge in [-0.15, -0.1) is 0 Å². The normalized spacial score (nSPS) is 17.8. The molecule has 0 aliphatic carbocycles. The summed E-state index contributed by atoms with van der Waals surface area (Å²) in [5.41, 5.74) is 0.562. The number of fused-ring (bicyclic) bond motifs is 3. The van der Waals surface area contributed by atoms with Crippen molar-refractivity contribution in [2.24, 2.45) is 5.10 Å². The van der Waals surface area contributed by atoms with Crippen LogP contribution in [0.25, 0.3) is 10.9 Å². The summed E-state index contributed by atoms with van der Waals surface area (Å²) in [5.74, 6) is 0.517. The lowest BCUT2D eigenvalue weighted by Crippen LogP contribution is -2.30. The van der Waals surface area contributed by atoms with Crippen LogP contribution in [0.15, 0.2) is 34.2 Å². The molecule has 1 unspecified atom stereocenters. The molecule has 0 saturated carbocycles. The van der Waals surface area contributed by atoms with Crippen molar-refractivity contribution in [2.45, 2.75) is 19.4 Å². The Bertz CT molecular complexity index is 659. The minimum atomic E-state index is -0.216. The molecule has 1 N–H and O–H groups in total. The second-order valence-electron chi connectivity index (χ2n) is 3.99. The maximum absolute atomic E-state index is 11.8. The molecular formula is C12H12N4O. The maximum Gasteiger partial charge on any atom is 0.282 e. The topological polar surface area (TPSA) is 59.3 Å². The summed E-state index contributed by atoms with van der Waals surface area (Å²) in [4.78, 5) is 15.9. The van der Waals surface area contributed by atoms with Crippen LogP contribution in [0.4, 0.5) is 5.95 Å². The van der Waals surface area contributed by atoms with E-state index in [1.54, 1.807) is 10.7 Å². The summed E-state index contributed by atoms with van der Waals surface area (Å²) in [6, 6.07) is 7.49. The highest BCUT2D eigenvalue weighted by Gasteiger charge is 2.16. The van der Waals surface area contributed by atoms with E-state index in [1.807, 2.05) is 24.4 Å². The molecule has 2 aromatic rings. The molecule has 0 fully saturated rings. The van der Waals surface area contributed by atoms with Gasteiger partial charge < -0.3 is 5.32 Å². The molecule has 1 aromatic carbocycles. The van der Waals surface area contributed by atoms with Gasteiger partial charge in [-0.3, -0.25) is 4.79 Å². The number of para-hydroxylation sites is 1. The average Bonchev–Trinajstić information content (AvgIpc) is 2.38. The standard InChI is InChI=1S/C12H12N4O/c1-2-8-7-13-16-10-6-4-3-5-9(10)11(17)15-12(16)14-8/h3-8H,2H2,1H3,(H,14,15,17). The summed E-state index contributed by atoms with van der Waals surface area (Å²) in [6.45, 7) is 2.05. The first-order valence-corrected chi connectivity index (χ1v) is 5.62. The van der Waals surface area contributed by atoms with Gasteiger partial charge in [0, 0.05) is 6.21 Å². The van der Waals surface area contributed by atoms with Crippen LogP contribution in [-0.4, -0.2) is 21.9 Å². The summed E-state index contributed by atoms with van der Waals surface area (Å²) in [5, 5.41) is 8.11. The summed E-state index contributed by atoms with van der Waals surface area (Å²) >= 11 is 0. The monoisotopic (exact) mass is 228 g/mol. The first-order chi connectivity index (χ1) is 8.29. The number of rotatable bonds is 1. The fourth-order valence-corrected chi connectivity index (χ4v) is 1.93. The highest BCUT2D eigenvalue weighted by atomic mass is 16.1. The van der Waals surface area contributed by atoms with Crippen LogP contribution < -0.4 is 10.9 Å². The van der Waals surface area contributed by atoms with Gasteiger partial charge in [0.15, 0.2) is 0 Å². The van der Waals surface area contributed by atoms with Crippen molar-refractivity contribution in [3.05, 3.63) is 34.6 Å². The number of nitrogens with one attached hydrogen (secondary N) is 1. The fraction of sp³-hybridized carbons (Fsp3) is 0.250. The van der Waals surface area contributed by atoms with Crippen molar-refractivity contribution in [1.82, 2.24) is 9.66 Å². The third-order valence-corrected chi connectivity index (χ3v) is 2.89. The van der Waals surface area contributed by atoms with Crippen molar-refractivity contribution in [1.29, 1.82) is 0 Å². The van der Waals surface area contributed by atoms with Crippen molar-refractivity contribution in [2.75, 3.05) is 5.32 Å². The second-order valence-corrected chi connectivity index (χ2v) is 3.99. The van der Waals surface area contributed by atoms with E-state index in [2.05, 4.69) is 22.3 Å². The molecule has 1 aromatic heterocycles. The van der Waals surface area contributed by atoms with Gasteiger partial charge in [0.2, 0.25) is 5.95 Å². The number of benzene rings is 1. The molecule has 0 amide bonds. The van der Waals surface area contributed by atoms with E-state index in [1.165, 1.54) is 0 Å². The summed E-state index contributed by atoms with van der Waals surface area (Å²) in [6.07, 6.45) is 2.75. The van der Waals surface area contributed by atoms with Gasteiger partial charge >= 0.3 is 0 Å². The van der Waals surface area contributed by atoms with Crippen LogP contribution in [0.1, 0.15) is 13.3 Å². The Morgan fingerprint density at radius 1 is 1.41 bits per heavy atom. The minimum absolute atomic E-state index is 0.142. The molecule has 5 nitrogen and oxygen atoms in total. The molecular weight excluding hydrogens is 216 g/mol. The van der Waals surface area contributed by atoms with Crippen LogP contribution in [0.3, 0.4) is 0 Å². The van der Waals surface area contributed by atoms with Gasteiger partial charge in [0.25, 0.3) is 5.56 Å². The molecule has 3 rings (SSSR count). The number of anilines is 1. The van der Waals surface area contributed by atoms with Crippen molar-refractivity contribution < 1.29 is 0 Å². The molecule has 0 bridgehead atoms. The van der Waals surface area contributed by atoms with E-state index in [9.17, 15) is 4.79 Å². The lowest BCUT2D eigenvalue weighted by Gasteiger charge is -2.21. The van der Waals surface area contributed by atoms with Gasteiger partial charge in [-0.05, 0) is 18.6 Å². The number of aromatic nitrogens is 2. The largest absolute Gasteiger partial charge is 0.346 e. The average molecular weight is 228 g/mol. The number of hydrogen-bond donors (Lipinski definition) is 1. The Hall–Kier alpha value is -2.17. The Kier molecular flexibility index (Phi) is 2.18. The molecule has 86 valence electrons. The van der Waals surface area contributed by atoms with Gasteiger partial charge in [0.05, 0.1) is 16.9 Å². The highest BCUT2D eigenvalue weighted by molar-refractivity contribution is 5.81. The molecule has 0 saturated heterocycles. The van der Waals surface area contributed by atoms with E-state index >= 15 is 0 Å². The van der Waals surface area contributed by atoms with Gasteiger partial charge in [-0.1, -0.05) is 19.1 Å². The first kappa shape index (κ1) is 10.0. The van der Waals surface area contributed by atoms with Gasteiger partial charge in [-0.25, -0.2) is 4.68 Å². The van der Waals surface area contributed by atoms with Crippen molar-refractivity contribution in [3.63, 3.8) is 0 Å². The van der Waals surface area contributed by atoms with E-state index < -0.39 is 0 Å². The van der Waals surface area contributed by atoms with Crippen LogP contribution in [0.2, 0.25) is 0 Å². The molecule has 0 spiro atoms. The van der Waals surface area contributed by atoms with E-state index in [-0.39, 0.29) is 11.6 Å². The second kappa shape index (κ2) is 3.69. The van der Waals surface area contributed by atoms with Crippen molar-refractivity contribution >= 4 is 23.1 Å².